The quantitative estimate of drug-likeness (QED) is 0.818. The van der Waals surface area contributed by atoms with E-state index in [2.05, 4.69) is 32.5 Å². The van der Waals surface area contributed by atoms with E-state index in [1.807, 2.05) is 37.9 Å². The number of aryl methyl sites for hydroxylation is 2. The lowest BCUT2D eigenvalue weighted by molar-refractivity contribution is 0.787. The summed E-state index contributed by atoms with van der Waals surface area (Å²) in [5, 5.41) is 6.74. The number of imidazole rings is 1. The molecule has 0 saturated carbocycles. The summed E-state index contributed by atoms with van der Waals surface area (Å²) < 4.78 is 2.04. The fourth-order valence-corrected chi connectivity index (χ4v) is 2.15. The summed E-state index contributed by atoms with van der Waals surface area (Å²) in [7, 11) is 2.01. The Balaban J connectivity index is 2.02. The van der Waals surface area contributed by atoms with Gasteiger partial charge in [0.1, 0.15) is 23.3 Å². The molecule has 0 aromatic carbocycles. The number of nitrogens with zero attached hydrogens (tertiary/aromatic N) is 4. The topological polar surface area (TPSA) is 67.7 Å². The van der Waals surface area contributed by atoms with E-state index in [9.17, 15) is 0 Å². The van der Waals surface area contributed by atoms with Gasteiger partial charge in [-0.1, -0.05) is 6.92 Å². The Hall–Kier alpha value is -2.11. The summed E-state index contributed by atoms with van der Waals surface area (Å²) >= 11 is 0. The van der Waals surface area contributed by atoms with Crippen LogP contribution in [-0.4, -0.2) is 32.6 Å². The lowest BCUT2D eigenvalue weighted by Crippen LogP contribution is -2.13. The second kappa shape index (κ2) is 7.06. The second-order valence-electron chi connectivity index (χ2n) is 5.15. The molecule has 2 N–H and O–H groups in total. The van der Waals surface area contributed by atoms with Crippen LogP contribution in [0.2, 0.25) is 0 Å². The molecular formula is C15H24N6. The van der Waals surface area contributed by atoms with Gasteiger partial charge < -0.3 is 15.2 Å². The highest BCUT2D eigenvalue weighted by molar-refractivity contribution is 5.57. The van der Waals surface area contributed by atoms with E-state index in [1.165, 1.54) is 0 Å². The highest BCUT2D eigenvalue weighted by atomic mass is 15.1. The number of hydrogen-bond donors (Lipinski definition) is 2. The van der Waals surface area contributed by atoms with Crippen LogP contribution in [0, 0.1) is 13.8 Å². The zero-order valence-electron chi connectivity index (χ0n) is 13.3. The minimum Gasteiger partial charge on any atom is -0.370 e. The predicted octanol–water partition coefficient (Wildman–Crippen LogP) is 2.30. The molecule has 6 nitrogen and oxygen atoms in total. The smallest absolute Gasteiger partial charge is 0.134 e. The van der Waals surface area contributed by atoms with Crippen molar-refractivity contribution in [3.63, 3.8) is 0 Å². The first-order chi connectivity index (χ1) is 10.1. The van der Waals surface area contributed by atoms with Gasteiger partial charge in [-0.3, -0.25) is 0 Å². The highest BCUT2D eigenvalue weighted by Crippen LogP contribution is 2.19. The monoisotopic (exact) mass is 288 g/mol. The van der Waals surface area contributed by atoms with Crippen LogP contribution in [0.5, 0.6) is 0 Å². The third kappa shape index (κ3) is 3.93. The molecule has 21 heavy (non-hydrogen) atoms. The average molecular weight is 288 g/mol. The molecule has 0 amide bonds. The van der Waals surface area contributed by atoms with Crippen LogP contribution in [0.15, 0.2) is 12.4 Å². The van der Waals surface area contributed by atoms with Gasteiger partial charge in [0.25, 0.3) is 0 Å². The molecule has 2 rings (SSSR count). The van der Waals surface area contributed by atoms with E-state index in [4.69, 9.17) is 0 Å². The first-order valence-corrected chi connectivity index (χ1v) is 7.41. The number of hydrogen-bond acceptors (Lipinski definition) is 5. The molecule has 2 heterocycles. The van der Waals surface area contributed by atoms with E-state index in [1.54, 1.807) is 0 Å². The Morgan fingerprint density at radius 3 is 2.33 bits per heavy atom. The first-order valence-electron chi connectivity index (χ1n) is 7.41. The molecule has 0 fully saturated rings. The minimum atomic E-state index is 0.777. The predicted molar refractivity (Wildman–Crippen MR) is 85.7 cm³/mol. The van der Waals surface area contributed by atoms with Crippen LogP contribution < -0.4 is 10.6 Å². The third-order valence-corrected chi connectivity index (χ3v) is 3.36. The van der Waals surface area contributed by atoms with Gasteiger partial charge in [0.05, 0.1) is 0 Å². The van der Waals surface area contributed by atoms with E-state index in [0.717, 1.165) is 54.8 Å². The van der Waals surface area contributed by atoms with Crippen molar-refractivity contribution >= 4 is 11.6 Å². The summed E-state index contributed by atoms with van der Waals surface area (Å²) in [5.41, 5.74) is 1.06. The minimum absolute atomic E-state index is 0.777. The zero-order chi connectivity index (χ0) is 15.2. The zero-order valence-corrected chi connectivity index (χ0v) is 13.3. The fraction of sp³-hybridized carbons (Fsp3) is 0.533. The maximum absolute atomic E-state index is 4.49. The molecule has 0 aliphatic carbocycles. The molecule has 0 unspecified atom stereocenters. The van der Waals surface area contributed by atoms with Gasteiger partial charge in [-0.15, -0.1) is 0 Å². The van der Waals surface area contributed by atoms with Crippen molar-refractivity contribution in [2.75, 3.05) is 23.7 Å². The van der Waals surface area contributed by atoms with Crippen LogP contribution in [0.25, 0.3) is 0 Å². The van der Waals surface area contributed by atoms with Crippen molar-refractivity contribution in [2.24, 2.45) is 7.05 Å². The summed E-state index contributed by atoms with van der Waals surface area (Å²) in [5.74, 6) is 3.66. The molecule has 0 aliphatic rings. The van der Waals surface area contributed by atoms with E-state index < -0.39 is 0 Å². The normalized spacial score (nSPS) is 10.7. The van der Waals surface area contributed by atoms with Crippen LogP contribution >= 0.6 is 0 Å². The number of anilines is 2. The van der Waals surface area contributed by atoms with Gasteiger partial charge in [0, 0.05) is 44.5 Å². The van der Waals surface area contributed by atoms with Gasteiger partial charge in [-0.05, 0) is 20.3 Å². The van der Waals surface area contributed by atoms with Gasteiger partial charge >= 0.3 is 0 Å². The molecule has 6 heteroatoms. The molecule has 0 spiro atoms. The first kappa shape index (κ1) is 15.3. The molecule has 2 aromatic heterocycles. The van der Waals surface area contributed by atoms with Crippen LogP contribution in [-0.2, 0) is 13.5 Å². The van der Waals surface area contributed by atoms with E-state index in [-0.39, 0.29) is 0 Å². The van der Waals surface area contributed by atoms with Crippen molar-refractivity contribution in [1.29, 1.82) is 0 Å². The van der Waals surface area contributed by atoms with Gasteiger partial charge in [-0.2, -0.15) is 0 Å². The Bertz CT molecular complexity index is 590. The molecular weight excluding hydrogens is 264 g/mol. The third-order valence-electron chi connectivity index (χ3n) is 3.36. The van der Waals surface area contributed by atoms with Crippen molar-refractivity contribution in [3.8, 4) is 0 Å². The summed E-state index contributed by atoms with van der Waals surface area (Å²) in [4.78, 5) is 13.3. The van der Waals surface area contributed by atoms with Crippen molar-refractivity contribution in [2.45, 2.75) is 33.6 Å². The molecule has 0 aliphatic heterocycles. The largest absolute Gasteiger partial charge is 0.370 e. The number of rotatable bonds is 7. The highest BCUT2D eigenvalue weighted by Gasteiger charge is 2.08. The molecule has 0 radical (unpaired) electrons. The standard InChI is InChI=1S/C15H24N6/c1-5-7-17-14-11(2)15(20-12(3)19-14)18-8-6-13-16-9-10-21(13)4/h9-10H,5-8H2,1-4H3,(H2,17,18,19,20). The lowest BCUT2D eigenvalue weighted by Gasteiger charge is -2.14. The van der Waals surface area contributed by atoms with E-state index >= 15 is 0 Å². The Kier molecular flexibility index (Phi) is 5.14. The SMILES string of the molecule is CCCNc1nc(C)nc(NCCc2nccn2C)c1C. The molecule has 0 bridgehead atoms. The average Bonchev–Trinajstić information content (AvgIpc) is 2.86. The number of nitrogens with one attached hydrogen (secondary N) is 2. The van der Waals surface area contributed by atoms with Crippen LogP contribution in [0.1, 0.15) is 30.6 Å². The Morgan fingerprint density at radius 1 is 1.10 bits per heavy atom. The summed E-state index contributed by atoms with van der Waals surface area (Å²) in [6, 6.07) is 0. The van der Waals surface area contributed by atoms with Gasteiger partial charge in [-0.25, -0.2) is 15.0 Å². The summed E-state index contributed by atoms with van der Waals surface area (Å²) in [6.07, 6.45) is 5.72. The molecule has 2 aromatic rings. The van der Waals surface area contributed by atoms with Gasteiger partial charge in [0.2, 0.25) is 0 Å². The maximum Gasteiger partial charge on any atom is 0.134 e. The van der Waals surface area contributed by atoms with Gasteiger partial charge in [0.15, 0.2) is 0 Å². The molecule has 114 valence electrons. The molecule has 0 atom stereocenters. The Morgan fingerprint density at radius 2 is 1.76 bits per heavy atom. The van der Waals surface area contributed by atoms with Crippen molar-refractivity contribution in [1.82, 2.24) is 19.5 Å². The van der Waals surface area contributed by atoms with Crippen LogP contribution in [0.3, 0.4) is 0 Å². The van der Waals surface area contributed by atoms with E-state index in [0.29, 0.717) is 0 Å². The number of aromatic nitrogens is 4. The van der Waals surface area contributed by atoms with Crippen molar-refractivity contribution in [3.05, 3.63) is 29.6 Å². The summed E-state index contributed by atoms with van der Waals surface area (Å²) in [6.45, 7) is 7.82. The molecule has 0 saturated heterocycles. The lowest BCUT2D eigenvalue weighted by atomic mass is 10.3. The second-order valence-corrected chi connectivity index (χ2v) is 5.15. The fourth-order valence-electron chi connectivity index (χ4n) is 2.15. The maximum atomic E-state index is 4.49. The van der Waals surface area contributed by atoms with Crippen LogP contribution in [0.4, 0.5) is 11.6 Å². The van der Waals surface area contributed by atoms with Crippen molar-refractivity contribution < 1.29 is 0 Å². The Labute approximate surface area is 126 Å².